The molecular weight excluding hydrogens is 389 g/mol. The minimum absolute atomic E-state index is 0.192. The molecule has 0 aliphatic carbocycles. The number of H-pyrrole nitrogens is 2. The van der Waals surface area contributed by atoms with Gasteiger partial charge in [-0.05, 0) is 32.9 Å². The number of ether oxygens (including phenoxy) is 1. The third-order valence-corrected chi connectivity index (χ3v) is 4.45. The van der Waals surface area contributed by atoms with Crippen molar-refractivity contribution in [3.05, 3.63) is 43.6 Å². The van der Waals surface area contributed by atoms with Crippen LogP contribution in [0.4, 0.5) is 16.4 Å². The number of anilines is 2. The Hall–Kier alpha value is -1.41. The van der Waals surface area contributed by atoms with Crippen molar-refractivity contribution in [1.82, 2.24) is 9.97 Å². The Morgan fingerprint density at radius 2 is 1.46 bits per heavy atom. The molecule has 2 N–H and O–H groups in total. The number of carbonyl (C=O) groups excluding carboxylic acids is 1. The molecule has 2 heterocycles. The van der Waals surface area contributed by atoms with E-state index in [2.05, 4.69) is 9.97 Å². The van der Waals surface area contributed by atoms with Gasteiger partial charge in [-0.15, -0.1) is 0 Å². The normalized spacial score (nSPS) is 11.2. The van der Waals surface area contributed by atoms with E-state index in [9.17, 15) is 4.79 Å². The molecule has 0 saturated heterocycles. The molecule has 2 rings (SSSR count). The average molecular weight is 404 g/mol. The number of amides is 1. The van der Waals surface area contributed by atoms with Crippen molar-refractivity contribution in [1.29, 1.82) is 0 Å². The van der Waals surface area contributed by atoms with Crippen molar-refractivity contribution in [2.45, 2.75) is 26.4 Å². The number of carbonyl (C=O) groups is 1. The zero-order valence-electron chi connectivity index (χ0n) is 13.1. The average Bonchev–Trinajstić information content (AvgIpc) is 2.46. The summed E-state index contributed by atoms with van der Waals surface area (Å²) >= 11 is 22.9. The first-order valence-corrected chi connectivity index (χ1v) is 8.46. The summed E-state index contributed by atoms with van der Waals surface area (Å²) in [5.41, 5.74) is -0.717. The summed E-state index contributed by atoms with van der Waals surface area (Å²) in [5, 5.41) is 0.384. The van der Waals surface area contributed by atoms with Gasteiger partial charge in [-0.1, -0.05) is 47.6 Å². The maximum absolute atomic E-state index is 12.8. The Morgan fingerprint density at radius 3 is 1.83 bits per heavy atom. The van der Waals surface area contributed by atoms with Gasteiger partial charge in [-0.25, -0.2) is 9.69 Å². The summed E-state index contributed by atoms with van der Waals surface area (Å²) < 4.78 is 6.22. The van der Waals surface area contributed by atoms with Gasteiger partial charge in [0.05, 0.1) is 9.02 Å². The molecule has 5 nitrogen and oxygen atoms in total. The summed E-state index contributed by atoms with van der Waals surface area (Å²) in [6.07, 6.45) is 2.47. The van der Waals surface area contributed by atoms with E-state index < -0.39 is 11.7 Å². The Morgan fingerprint density at radius 1 is 1.04 bits per heavy atom. The molecule has 2 aromatic heterocycles. The van der Waals surface area contributed by atoms with Gasteiger partial charge in [-0.2, -0.15) is 0 Å². The SMILES string of the molecule is CC(C)(C)OC(=O)N(c1[nH]ccc(=S)c1Cl)c1[nH]ccc(=S)c1Cl. The van der Waals surface area contributed by atoms with E-state index in [-0.39, 0.29) is 21.7 Å². The van der Waals surface area contributed by atoms with E-state index in [1.54, 1.807) is 45.3 Å². The number of rotatable bonds is 2. The number of aromatic amines is 2. The minimum atomic E-state index is -0.717. The van der Waals surface area contributed by atoms with Crippen LogP contribution < -0.4 is 4.90 Å². The summed E-state index contributed by atoms with van der Waals surface area (Å²) in [5.74, 6) is 0.467. The number of pyridine rings is 2. The molecule has 128 valence electrons. The summed E-state index contributed by atoms with van der Waals surface area (Å²) in [6.45, 7) is 5.27. The second-order valence-corrected chi connectivity index (χ2v) is 7.46. The highest BCUT2D eigenvalue weighted by Crippen LogP contribution is 2.35. The van der Waals surface area contributed by atoms with Crippen LogP contribution in [0.15, 0.2) is 24.5 Å². The fourth-order valence-electron chi connectivity index (χ4n) is 1.83. The molecule has 0 unspecified atom stereocenters. The summed E-state index contributed by atoms with van der Waals surface area (Å²) in [6, 6.07) is 3.23. The molecule has 0 fully saturated rings. The van der Waals surface area contributed by atoms with E-state index in [4.69, 9.17) is 52.4 Å². The molecule has 0 aliphatic rings. The molecule has 24 heavy (non-hydrogen) atoms. The Labute approximate surface area is 159 Å². The van der Waals surface area contributed by atoms with Gasteiger partial charge in [0.25, 0.3) is 0 Å². The monoisotopic (exact) mass is 403 g/mol. The van der Waals surface area contributed by atoms with E-state index >= 15 is 0 Å². The molecule has 2 aromatic rings. The highest BCUT2D eigenvalue weighted by atomic mass is 35.5. The molecule has 0 radical (unpaired) electrons. The number of nitrogens with zero attached hydrogens (tertiary/aromatic N) is 1. The maximum Gasteiger partial charge on any atom is 0.421 e. The second kappa shape index (κ2) is 7.23. The van der Waals surface area contributed by atoms with Gasteiger partial charge >= 0.3 is 6.09 Å². The number of hydrogen-bond acceptors (Lipinski definition) is 4. The first kappa shape index (κ1) is 18.9. The Kier molecular flexibility index (Phi) is 5.70. The van der Waals surface area contributed by atoms with E-state index in [0.29, 0.717) is 9.02 Å². The molecular formula is C15H15Cl2N3O2S2. The lowest BCUT2D eigenvalue weighted by Crippen LogP contribution is -2.35. The van der Waals surface area contributed by atoms with Crippen molar-refractivity contribution in [3.8, 4) is 0 Å². The quantitative estimate of drug-likeness (QED) is 0.587. The predicted molar refractivity (Wildman–Crippen MR) is 102 cm³/mol. The van der Waals surface area contributed by atoms with Crippen LogP contribution in [0.5, 0.6) is 0 Å². The molecule has 9 heteroatoms. The van der Waals surface area contributed by atoms with Crippen molar-refractivity contribution >= 4 is 65.4 Å². The lowest BCUT2D eigenvalue weighted by atomic mass is 10.2. The summed E-state index contributed by atoms with van der Waals surface area (Å²) in [7, 11) is 0. The zero-order valence-corrected chi connectivity index (χ0v) is 16.3. The van der Waals surface area contributed by atoms with E-state index in [0.717, 1.165) is 0 Å². The van der Waals surface area contributed by atoms with E-state index in [1.165, 1.54) is 4.90 Å². The summed E-state index contributed by atoms with van der Waals surface area (Å²) in [4.78, 5) is 19.8. The van der Waals surface area contributed by atoms with Crippen LogP contribution in [-0.4, -0.2) is 21.7 Å². The van der Waals surface area contributed by atoms with E-state index in [1.807, 2.05) is 0 Å². The third-order valence-electron chi connectivity index (χ3n) is 2.78. The number of halogens is 2. The van der Waals surface area contributed by atoms with Crippen LogP contribution in [0, 0.1) is 9.02 Å². The van der Waals surface area contributed by atoms with Gasteiger partial charge in [0, 0.05) is 12.4 Å². The fourth-order valence-corrected chi connectivity index (χ4v) is 2.56. The first-order chi connectivity index (χ1) is 11.1. The van der Waals surface area contributed by atoms with Crippen LogP contribution in [0.2, 0.25) is 10.0 Å². The Bertz CT molecular complexity index is 828. The Balaban J connectivity index is 2.68. The van der Waals surface area contributed by atoms with Crippen molar-refractivity contribution < 1.29 is 9.53 Å². The molecule has 0 spiro atoms. The lowest BCUT2D eigenvalue weighted by Gasteiger charge is -2.27. The van der Waals surface area contributed by atoms with Crippen LogP contribution in [0.1, 0.15) is 20.8 Å². The van der Waals surface area contributed by atoms with Gasteiger partial charge in [0.2, 0.25) is 0 Å². The largest absolute Gasteiger partial charge is 0.443 e. The third kappa shape index (κ3) is 4.16. The van der Waals surface area contributed by atoms with Gasteiger partial charge in [-0.3, -0.25) is 0 Å². The molecule has 0 atom stereocenters. The smallest absolute Gasteiger partial charge is 0.421 e. The number of aromatic nitrogens is 2. The van der Waals surface area contributed by atoms with Crippen LogP contribution in [0.3, 0.4) is 0 Å². The number of nitrogens with one attached hydrogen (secondary N) is 2. The van der Waals surface area contributed by atoms with Gasteiger partial charge in [0.1, 0.15) is 27.3 Å². The van der Waals surface area contributed by atoms with Crippen LogP contribution in [-0.2, 0) is 4.74 Å². The molecule has 0 bridgehead atoms. The topological polar surface area (TPSA) is 61.1 Å². The lowest BCUT2D eigenvalue weighted by molar-refractivity contribution is 0.0597. The molecule has 0 aliphatic heterocycles. The van der Waals surface area contributed by atoms with Crippen molar-refractivity contribution in [3.63, 3.8) is 0 Å². The molecule has 0 aromatic carbocycles. The van der Waals surface area contributed by atoms with Crippen molar-refractivity contribution in [2.75, 3.05) is 4.90 Å². The highest BCUT2D eigenvalue weighted by Gasteiger charge is 2.29. The van der Waals surface area contributed by atoms with Gasteiger partial charge < -0.3 is 14.7 Å². The van der Waals surface area contributed by atoms with Gasteiger partial charge in [0.15, 0.2) is 0 Å². The predicted octanol–water partition coefficient (Wildman–Crippen LogP) is 6.18. The maximum atomic E-state index is 12.8. The van der Waals surface area contributed by atoms with Crippen LogP contribution in [0.25, 0.3) is 0 Å². The second-order valence-electron chi connectivity index (χ2n) is 5.82. The minimum Gasteiger partial charge on any atom is -0.443 e. The number of hydrogen-bond donors (Lipinski definition) is 2. The zero-order chi connectivity index (χ0) is 18.1. The first-order valence-electron chi connectivity index (χ1n) is 6.89. The molecule has 1 amide bonds. The fraction of sp³-hybridized carbons (Fsp3) is 0.267. The highest BCUT2D eigenvalue weighted by molar-refractivity contribution is 7.71. The van der Waals surface area contributed by atoms with Crippen LogP contribution >= 0.6 is 47.6 Å². The van der Waals surface area contributed by atoms with Crippen molar-refractivity contribution in [2.24, 2.45) is 0 Å². The molecule has 0 saturated carbocycles. The standard InChI is InChI=1S/C15H15Cl2N3O2S2/c1-15(2,3)22-14(21)20(12-10(16)8(23)4-6-18-12)13-11(17)9(24)5-7-19-13/h4-7H,1-3H3,(H,18,23)(H,19,24).